The molecule has 0 saturated carbocycles. The molecule has 0 aromatic carbocycles. The van der Waals surface area contributed by atoms with E-state index in [9.17, 15) is 4.79 Å². The number of aromatic nitrogens is 2. The van der Waals surface area contributed by atoms with Crippen LogP contribution in [0.1, 0.15) is 13.8 Å². The molecular weight excluding hydrogens is 242 g/mol. The number of anilines is 2. The minimum atomic E-state index is -0.704. The number of nitrogen functional groups attached to an aromatic ring is 1. The number of carbonyl (C=O) groups excluding carboxylic acids is 1. The lowest BCUT2D eigenvalue weighted by atomic mass is 9.99. The Bertz CT molecular complexity index is 462. The van der Waals surface area contributed by atoms with E-state index < -0.39 is 5.54 Å². The summed E-state index contributed by atoms with van der Waals surface area (Å²) in [4.78, 5) is 21.6. The molecule has 1 fully saturated rings. The van der Waals surface area contributed by atoms with E-state index in [1.54, 1.807) is 0 Å². The summed E-state index contributed by atoms with van der Waals surface area (Å²) in [6.07, 6.45) is 1.45. The zero-order chi connectivity index (χ0) is 12.6. The lowest BCUT2D eigenvalue weighted by Gasteiger charge is -2.42. The molecule has 1 aromatic heterocycles. The third-order valence-corrected chi connectivity index (χ3v) is 3.06. The van der Waals surface area contributed by atoms with Crippen LogP contribution in [0.25, 0.3) is 0 Å². The van der Waals surface area contributed by atoms with E-state index >= 15 is 0 Å². The summed E-state index contributed by atoms with van der Waals surface area (Å²) in [7, 11) is 0. The molecule has 3 N–H and O–H groups in total. The zero-order valence-electron chi connectivity index (χ0n) is 9.70. The number of hydrogen-bond acceptors (Lipinski definition) is 5. The lowest BCUT2D eigenvalue weighted by molar-refractivity contribution is -0.126. The summed E-state index contributed by atoms with van der Waals surface area (Å²) in [5.74, 6) is 0.447. The van der Waals surface area contributed by atoms with E-state index in [2.05, 4.69) is 15.3 Å². The number of hydrogen-bond donors (Lipinski definition) is 2. The number of amides is 1. The van der Waals surface area contributed by atoms with Gasteiger partial charge in [-0.2, -0.15) is 4.98 Å². The van der Waals surface area contributed by atoms with Crippen molar-refractivity contribution in [3.05, 3.63) is 11.5 Å². The predicted molar refractivity (Wildman–Crippen MR) is 65.9 cm³/mol. The maximum Gasteiger partial charge on any atom is 0.245 e. The van der Waals surface area contributed by atoms with Crippen molar-refractivity contribution in [2.45, 2.75) is 19.4 Å². The Kier molecular flexibility index (Phi) is 2.82. The molecule has 0 aliphatic carbocycles. The van der Waals surface area contributed by atoms with E-state index in [-0.39, 0.29) is 11.2 Å². The number of nitrogens with two attached hydrogens (primary N) is 1. The highest BCUT2D eigenvalue weighted by Crippen LogP contribution is 2.29. The average Bonchev–Trinajstić information content (AvgIpc) is 2.26. The van der Waals surface area contributed by atoms with Crippen LogP contribution in [0.4, 0.5) is 11.5 Å². The van der Waals surface area contributed by atoms with Gasteiger partial charge in [0.2, 0.25) is 11.2 Å². The minimum absolute atomic E-state index is 0.0575. The second-order valence-corrected chi connectivity index (χ2v) is 4.72. The molecule has 7 heteroatoms. The highest BCUT2D eigenvalue weighted by molar-refractivity contribution is 6.28. The number of carbonyl (C=O) groups is 1. The van der Waals surface area contributed by atoms with Gasteiger partial charge in [0.25, 0.3) is 0 Å². The van der Waals surface area contributed by atoms with Crippen molar-refractivity contribution in [1.29, 1.82) is 0 Å². The molecule has 1 saturated heterocycles. The van der Waals surface area contributed by atoms with Gasteiger partial charge in [-0.1, -0.05) is 0 Å². The molecule has 92 valence electrons. The van der Waals surface area contributed by atoms with Crippen LogP contribution in [0.2, 0.25) is 5.28 Å². The second-order valence-electron chi connectivity index (χ2n) is 4.38. The van der Waals surface area contributed by atoms with Crippen LogP contribution in [-0.2, 0) is 4.79 Å². The van der Waals surface area contributed by atoms with Crippen LogP contribution >= 0.6 is 11.6 Å². The summed E-state index contributed by atoms with van der Waals surface area (Å²) in [6.45, 7) is 4.83. The predicted octanol–water partition coefficient (Wildman–Crippen LogP) is 0.427. The Morgan fingerprint density at radius 1 is 1.59 bits per heavy atom. The molecule has 6 nitrogen and oxygen atoms in total. The summed E-state index contributed by atoms with van der Waals surface area (Å²) in [5, 5.41) is 2.93. The van der Waals surface area contributed by atoms with Crippen molar-refractivity contribution in [2.75, 3.05) is 23.7 Å². The number of nitrogens with one attached hydrogen (secondary N) is 1. The van der Waals surface area contributed by atoms with Crippen molar-refractivity contribution < 1.29 is 4.79 Å². The summed E-state index contributed by atoms with van der Waals surface area (Å²) in [6, 6.07) is 0. The van der Waals surface area contributed by atoms with Gasteiger partial charge >= 0.3 is 0 Å². The summed E-state index contributed by atoms with van der Waals surface area (Å²) >= 11 is 5.76. The maximum absolute atomic E-state index is 11.8. The Hall–Kier alpha value is -1.56. The Morgan fingerprint density at radius 2 is 2.29 bits per heavy atom. The van der Waals surface area contributed by atoms with Crippen LogP contribution in [0.5, 0.6) is 0 Å². The largest absolute Gasteiger partial charge is 0.394 e. The van der Waals surface area contributed by atoms with Gasteiger partial charge in [0.1, 0.15) is 5.54 Å². The van der Waals surface area contributed by atoms with Crippen LogP contribution in [-0.4, -0.2) is 34.5 Å². The van der Waals surface area contributed by atoms with E-state index in [4.69, 9.17) is 17.3 Å². The molecule has 17 heavy (non-hydrogen) atoms. The molecule has 1 aromatic rings. The molecule has 0 radical (unpaired) electrons. The maximum atomic E-state index is 11.8. The van der Waals surface area contributed by atoms with Crippen LogP contribution in [0, 0.1) is 0 Å². The zero-order valence-corrected chi connectivity index (χ0v) is 10.5. The lowest BCUT2D eigenvalue weighted by Crippen LogP contribution is -2.62. The van der Waals surface area contributed by atoms with Gasteiger partial charge in [-0.15, -0.1) is 0 Å². The number of rotatable bonds is 1. The molecule has 0 atom stereocenters. The molecule has 0 unspecified atom stereocenters. The first kappa shape index (κ1) is 11.9. The molecule has 1 aliphatic rings. The Labute approximate surface area is 104 Å². The first-order chi connectivity index (χ1) is 7.93. The fourth-order valence-corrected chi connectivity index (χ4v) is 1.98. The number of halogens is 1. The molecule has 0 spiro atoms. The Morgan fingerprint density at radius 3 is 3.00 bits per heavy atom. The SMILES string of the molecule is CC1(C)C(=O)NCCN1c1nc(Cl)ncc1N. The standard InChI is InChI=1S/C10H14ClN5O/c1-10(2)8(17)13-3-4-16(10)7-6(12)5-14-9(11)15-7/h5H,3-4,12H2,1-2H3,(H,13,17). The van der Waals surface area contributed by atoms with Crippen LogP contribution in [0.15, 0.2) is 6.20 Å². The number of piperazine rings is 1. The number of nitrogens with zero attached hydrogens (tertiary/aromatic N) is 3. The van der Waals surface area contributed by atoms with Crippen LogP contribution < -0.4 is 16.0 Å². The van der Waals surface area contributed by atoms with E-state index in [0.29, 0.717) is 24.6 Å². The molecule has 2 heterocycles. The van der Waals surface area contributed by atoms with E-state index in [1.807, 2.05) is 18.7 Å². The smallest absolute Gasteiger partial charge is 0.245 e. The first-order valence-corrected chi connectivity index (χ1v) is 5.64. The summed E-state index contributed by atoms with van der Waals surface area (Å²) < 4.78 is 0. The highest BCUT2D eigenvalue weighted by Gasteiger charge is 2.39. The van der Waals surface area contributed by atoms with Gasteiger partial charge in [0, 0.05) is 13.1 Å². The van der Waals surface area contributed by atoms with Crippen molar-refractivity contribution in [3.63, 3.8) is 0 Å². The topological polar surface area (TPSA) is 84.1 Å². The monoisotopic (exact) mass is 255 g/mol. The van der Waals surface area contributed by atoms with Crippen molar-refractivity contribution >= 4 is 29.0 Å². The molecular formula is C10H14ClN5O. The van der Waals surface area contributed by atoms with Crippen molar-refractivity contribution in [1.82, 2.24) is 15.3 Å². The molecule has 1 aliphatic heterocycles. The third-order valence-electron chi connectivity index (χ3n) is 2.87. The second kappa shape index (κ2) is 4.03. The molecule has 1 amide bonds. The normalized spacial score (nSPS) is 19.0. The van der Waals surface area contributed by atoms with E-state index in [0.717, 1.165) is 0 Å². The van der Waals surface area contributed by atoms with Gasteiger partial charge in [0.05, 0.1) is 11.9 Å². The van der Waals surface area contributed by atoms with Gasteiger partial charge in [-0.25, -0.2) is 4.98 Å². The van der Waals surface area contributed by atoms with Gasteiger partial charge in [-0.05, 0) is 25.4 Å². The van der Waals surface area contributed by atoms with Crippen molar-refractivity contribution in [3.8, 4) is 0 Å². The summed E-state index contributed by atoms with van der Waals surface area (Å²) in [5.41, 5.74) is 5.54. The van der Waals surface area contributed by atoms with E-state index in [1.165, 1.54) is 6.20 Å². The minimum Gasteiger partial charge on any atom is -0.394 e. The molecule has 2 rings (SSSR count). The fourth-order valence-electron chi connectivity index (χ4n) is 1.85. The van der Waals surface area contributed by atoms with Gasteiger partial charge in [-0.3, -0.25) is 4.79 Å². The third kappa shape index (κ3) is 2.00. The van der Waals surface area contributed by atoms with Gasteiger partial charge in [0.15, 0.2) is 5.82 Å². The average molecular weight is 256 g/mol. The van der Waals surface area contributed by atoms with Gasteiger partial charge < -0.3 is 16.0 Å². The first-order valence-electron chi connectivity index (χ1n) is 5.27. The molecule has 0 bridgehead atoms. The van der Waals surface area contributed by atoms with Crippen LogP contribution in [0.3, 0.4) is 0 Å². The quantitative estimate of drug-likeness (QED) is 0.711. The van der Waals surface area contributed by atoms with Crippen molar-refractivity contribution in [2.24, 2.45) is 0 Å². The Balaban J connectivity index is 2.44. The highest BCUT2D eigenvalue weighted by atomic mass is 35.5. The fraction of sp³-hybridized carbons (Fsp3) is 0.500.